The molecule has 0 fully saturated rings. The summed E-state index contributed by atoms with van der Waals surface area (Å²) in [6.07, 6.45) is -3.97. The van der Waals surface area contributed by atoms with E-state index in [1.807, 2.05) is 0 Å². The number of ether oxygens (including phenoxy) is 2. The Bertz CT molecular complexity index is 818. The van der Waals surface area contributed by atoms with Crippen LogP contribution in [0.15, 0.2) is 47.4 Å². The Balaban J connectivity index is 1.87. The van der Waals surface area contributed by atoms with Crippen LogP contribution in [0.3, 0.4) is 0 Å². The molecule has 0 unspecified atom stereocenters. The molecule has 0 aliphatic heterocycles. The number of hydrogen-bond donors (Lipinski definition) is 1. The van der Waals surface area contributed by atoms with E-state index < -0.39 is 29.8 Å². The highest BCUT2D eigenvalue weighted by molar-refractivity contribution is 5.75. The van der Waals surface area contributed by atoms with Crippen molar-refractivity contribution in [1.29, 1.82) is 0 Å². The predicted molar refractivity (Wildman–Crippen MR) is 87.2 cm³/mol. The molecular formula is C17H17F3N2O4. The second-order valence-corrected chi connectivity index (χ2v) is 5.23. The van der Waals surface area contributed by atoms with Crippen molar-refractivity contribution in [3.63, 3.8) is 0 Å². The van der Waals surface area contributed by atoms with Crippen LogP contribution >= 0.6 is 0 Å². The lowest BCUT2D eigenvalue weighted by molar-refractivity contribution is -0.138. The van der Waals surface area contributed by atoms with E-state index in [1.54, 1.807) is 24.3 Å². The number of carbonyl (C=O) groups excluding carboxylic acids is 1. The van der Waals surface area contributed by atoms with Gasteiger partial charge in [0.2, 0.25) is 5.91 Å². The number of nitrogens with one attached hydrogen (secondary N) is 1. The highest BCUT2D eigenvalue weighted by Crippen LogP contribution is 2.28. The molecule has 1 aromatic carbocycles. The van der Waals surface area contributed by atoms with Gasteiger partial charge in [-0.15, -0.1) is 0 Å². The molecule has 0 saturated carbocycles. The van der Waals surface area contributed by atoms with Crippen molar-refractivity contribution >= 4 is 5.91 Å². The van der Waals surface area contributed by atoms with Crippen LogP contribution in [0.2, 0.25) is 0 Å². The summed E-state index contributed by atoms with van der Waals surface area (Å²) in [4.78, 5) is 23.4. The lowest BCUT2D eigenvalue weighted by Gasteiger charge is -2.12. The molecule has 6 nitrogen and oxygen atoms in total. The molecule has 0 aliphatic rings. The van der Waals surface area contributed by atoms with E-state index in [4.69, 9.17) is 9.47 Å². The SMILES string of the molecule is COc1ccccc1OCCNC(=O)Cn1cc(C(F)(F)F)ccc1=O. The standard InChI is InChI=1S/C17H17F3N2O4/c1-25-13-4-2-3-5-14(13)26-9-8-21-15(23)11-22-10-12(17(18,19)20)6-7-16(22)24/h2-7,10H,8-9,11H2,1H3,(H,21,23). The van der Waals surface area contributed by atoms with Crippen LogP contribution < -0.4 is 20.3 Å². The van der Waals surface area contributed by atoms with Crippen LogP contribution in [0.4, 0.5) is 13.2 Å². The molecule has 1 heterocycles. The van der Waals surface area contributed by atoms with Crippen molar-refractivity contribution < 1.29 is 27.4 Å². The van der Waals surface area contributed by atoms with Gasteiger partial charge in [0.1, 0.15) is 13.2 Å². The highest BCUT2D eigenvalue weighted by Gasteiger charge is 2.31. The first kappa shape index (κ1) is 19.4. The van der Waals surface area contributed by atoms with E-state index in [2.05, 4.69) is 5.32 Å². The number of pyridine rings is 1. The summed E-state index contributed by atoms with van der Waals surface area (Å²) < 4.78 is 49.3. The quantitative estimate of drug-likeness (QED) is 0.758. The minimum Gasteiger partial charge on any atom is -0.493 e. The van der Waals surface area contributed by atoms with Crippen molar-refractivity contribution in [3.8, 4) is 11.5 Å². The van der Waals surface area contributed by atoms with Gasteiger partial charge in [-0.05, 0) is 18.2 Å². The number of benzene rings is 1. The topological polar surface area (TPSA) is 69.6 Å². The van der Waals surface area contributed by atoms with Gasteiger partial charge in [-0.25, -0.2) is 0 Å². The fourth-order valence-corrected chi connectivity index (χ4v) is 2.12. The van der Waals surface area contributed by atoms with Crippen LogP contribution in [-0.4, -0.2) is 30.7 Å². The smallest absolute Gasteiger partial charge is 0.417 e. The van der Waals surface area contributed by atoms with E-state index in [0.29, 0.717) is 28.3 Å². The number of hydrogen-bond acceptors (Lipinski definition) is 4. The summed E-state index contributed by atoms with van der Waals surface area (Å²) >= 11 is 0. The van der Waals surface area contributed by atoms with E-state index >= 15 is 0 Å². The maximum absolute atomic E-state index is 12.7. The maximum atomic E-state index is 12.7. The number of rotatable bonds is 7. The Kier molecular flexibility index (Phi) is 6.26. The van der Waals surface area contributed by atoms with E-state index in [-0.39, 0.29) is 13.2 Å². The number of carbonyl (C=O) groups is 1. The Morgan fingerprint density at radius 3 is 2.50 bits per heavy atom. The van der Waals surface area contributed by atoms with Gasteiger partial charge in [-0.2, -0.15) is 13.2 Å². The molecule has 2 aromatic rings. The number of para-hydroxylation sites is 2. The number of alkyl halides is 3. The fraction of sp³-hybridized carbons (Fsp3) is 0.294. The van der Waals surface area contributed by atoms with Gasteiger partial charge in [0.25, 0.3) is 5.56 Å². The molecule has 0 saturated heterocycles. The molecule has 0 spiro atoms. The van der Waals surface area contributed by atoms with Gasteiger partial charge in [0, 0.05) is 12.3 Å². The molecular weight excluding hydrogens is 353 g/mol. The Labute approximate surface area is 147 Å². The Morgan fingerprint density at radius 2 is 1.85 bits per heavy atom. The maximum Gasteiger partial charge on any atom is 0.417 e. The normalized spacial score (nSPS) is 11.1. The molecule has 0 atom stereocenters. The summed E-state index contributed by atoms with van der Waals surface area (Å²) in [5.41, 5.74) is -1.69. The zero-order valence-corrected chi connectivity index (χ0v) is 13.9. The summed E-state index contributed by atoms with van der Waals surface area (Å²) in [6, 6.07) is 8.41. The van der Waals surface area contributed by atoms with E-state index in [9.17, 15) is 22.8 Å². The minimum atomic E-state index is -4.59. The average molecular weight is 370 g/mol. The third kappa shape index (κ3) is 5.27. The largest absolute Gasteiger partial charge is 0.493 e. The molecule has 0 bridgehead atoms. The summed E-state index contributed by atoms with van der Waals surface area (Å²) in [6.45, 7) is -0.272. The number of aromatic nitrogens is 1. The predicted octanol–water partition coefficient (Wildman–Crippen LogP) is 2.07. The molecule has 26 heavy (non-hydrogen) atoms. The number of halogens is 3. The fourth-order valence-electron chi connectivity index (χ4n) is 2.12. The van der Waals surface area contributed by atoms with Gasteiger partial charge in [-0.3, -0.25) is 9.59 Å². The van der Waals surface area contributed by atoms with E-state index in [0.717, 1.165) is 6.07 Å². The molecule has 2 rings (SSSR count). The third-order valence-corrected chi connectivity index (χ3v) is 3.38. The van der Waals surface area contributed by atoms with Crippen LogP contribution in [0.1, 0.15) is 5.56 Å². The monoisotopic (exact) mass is 370 g/mol. The molecule has 1 N–H and O–H groups in total. The molecule has 1 aromatic heterocycles. The van der Waals surface area contributed by atoms with Gasteiger partial charge in [0.15, 0.2) is 11.5 Å². The van der Waals surface area contributed by atoms with Gasteiger partial charge < -0.3 is 19.4 Å². The average Bonchev–Trinajstić information content (AvgIpc) is 2.60. The number of methoxy groups -OCH3 is 1. The minimum absolute atomic E-state index is 0.116. The molecule has 0 aliphatic carbocycles. The molecule has 0 radical (unpaired) electrons. The lowest BCUT2D eigenvalue weighted by Crippen LogP contribution is -2.34. The Hall–Kier alpha value is -2.97. The molecule has 140 valence electrons. The Morgan fingerprint density at radius 1 is 1.15 bits per heavy atom. The first-order valence-corrected chi connectivity index (χ1v) is 7.61. The van der Waals surface area contributed by atoms with Gasteiger partial charge >= 0.3 is 6.18 Å². The second-order valence-electron chi connectivity index (χ2n) is 5.23. The second kappa shape index (κ2) is 8.41. The van der Waals surface area contributed by atoms with Crippen LogP contribution in [0, 0.1) is 0 Å². The first-order chi connectivity index (χ1) is 12.3. The first-order valence-electron chi connectivity index (χ1n) is 7.61. The van der Waals surface area contributed by atoms with Crippen molar-refractivity contribution in [2.45, 2.75) is 12.7 Å². The summed E-state index contributed by atoms with van der Waals surface area (Å²) in [7, 11) is 1.50. The van der Waals surface area contributed by atoms with Crippen LogP contribution in [-0.2, 0) is 17.5 Å². The van der Waals surface area contributed by atoms with Crippen LogP contribution in [0.5, 0.6) is 11.5 Å². The van der Waals surface area contributed by atoms with Crippen molar-refractivity contribution in [3.05, 3.63) is 58.5 Å². The van der Waals surface area contributed by atoms with Gasteiger partial charge in [0.05, 0.1) is 19.2 Å². The lowest BCUT2D eigenvalue weighted by atomic mass is 10.3. The molecule has 1 amide bonds. The number of amides is 1. The summed E-state index contributed by atoms with van der Waals surface area (Å²) in [5.74, 6) is 0.433. The van der Waals surface area contributed by atoms with Crippen molar-refractivity contribution in [1.82, 2.24) is 9.88 Å². The van der Waals surface area contributed by atoms with Crippen molar-refractivity contribution in [2.24, 2.45) is 0 Å². The highest BCUT2D eigenvalue weighted by atomic mass is 19.4. The zero-order chi connectivity index (χ0) is 19.2. The molecule has 9 heteroatoms. The zero-order valence-electron chi connectivity index (χ0n) is 13.9. The van der Waals surface area contributed by atoms with Crippen LogP contribution in [0.25, 0.3) is 0 Å². The summed E-state index contributed by atoms with van der Waals surface area (Å²) in [5, 5.41) is 2.48. The third-order valence-electron chi connectivity index (χ3n) is 3.38. The van der Waals surface area contributed by atoms with E-state index in [1.165, 1.54) is 7.11 Å². The van der Waals surface area contributed by atoms with Crippen molar-refractivity contribution in [2.75, 3.05) is 20.3 Å². The van der Waals surface area contributed by atoms with Gasteiger partial charge in [-0.1, -0.05) is 12.1 Å². The number of nitrogens with zero attached hydrogens (tertiary/aromatic N) is 1.